The lowest BCUT2D eigenvalue weighted by Crippen LogP contribution is -2.36. The highest BCUT2D eigenvalue weighted by Crippen LogP contribution is 2.37. The van der Waals surface area contributed by atoms with Gasteiger partial charge in [0.05, 0.1) is 10.6 Å². The molecule has 2 aliphatic rings. The standard InChI is InChI=1S/C21H24N2O3S/c1-14-5-6-15(2)20(12-14)27(25,26)22-18-10-9-16-4-3-11-23(19(16)13-18)21(24)17-7-8-17/h5-6,9-10,12-13,17,22H,3-4,7-8,11H2,1-2H3. The van der Waals surface area contributed by atoms with Crippen molar-refractivity contribution in [1.82, 2.24) is 0 Å². The third-order valence-electron chi connectivity index (χ3n) is 5.28. The molecule has 1 N–H and O–H groups in total. The molecule has 0 aromatic heterocycles. The van der Waals surface area contributed by atoms with Crippen molar-refractivity contribution >= 4 is 27.3 Å². The molecule has 142 valence electrons. The number of benzene rings is 2. The molecule has 0 atom stereocenters. The van der Waals surface area contributed by atoms with Crippen LogP contribution in [0.25, 0.3) is 0 Å². The Kier molecular flexibility index (Phi) is 4.46. The van der Waals surface area contributed by atoms with E-state index in [1.54, 1.807) is 25.1 Å². The fourth-order valence-electron chi connectivity index (χ4n) is 3.62. The molecule has 0 spiro atoms. The molecule has 1 amide bonds. The summed E-state index contributed by atoms with van der Waals surface area (Å²) >= 11 is 0. The summed E-state index contributed by atoms with van der Waals surface area (Å²) in [7, 11) is -3.69. The first-order valence-electron chi connectivity index (χ1n) is 9.39. The normalized spacial score (nSPS) is 16.7. The number of carbonyl (C=O) groups excluding carboxylic acids is 1. The molecule has 0 saturated heterocycles. The zero-order valence-corrected chi connectivity index (χ0v) is 16.5. The number of fused-ring (bicyclic) bond motifs is 1. The number of hydrogen-bond donors (Lipinski definition) is 1. The Bertz CT molecular complexity index is 1010. The van der Waals surface area contributed by atoms with E-state index < -0.39 is 10.0 Å². The highest BCUT2D eigenvalue weighted by Gasteiger charge is 2.35. The molecule has 0 bridgehead atoms. The van der Waals surface area contributed by atoms with Gasteiger partial charge in [0.25, 0.3) is 10.0 Å². The summed E-state index contributed by atoms with van der Waals surface area (Å²) in [5.41, 5.74) is 4.04. The number of rotatable bonds is 4. The van der Waals surface area contributed by atoms with E-state index in [9.17, 15) is 13.2 Å². The molecule has 2 aromatic carbocycles. The van der Waals surface area contributed by atoms with Crippen LogP contribution in [-0.4, -0.2) is 20.9 Å². The van der Waals surface area contributed by atoms with Crippen LogP contribution >= 0.6 is 0 Å². The van der Waals surface area contributed by atoms with Crippen LogP contribution < -0.4 is 9.62 Å². The topological polar surface area (TPSA) is 66.5 Å². The second-order valence-corrected chi connectivity index (χ2v) is 9.24. The molecule has 1 saturated carbocycles. The predicted molar refractivity (Wildman–Crippen MR) is 107 cm³/mol. The maximum absolute atomic E-state index is 12.9. The monoisotopic (exact) mass is 384 g/mol. The first-order chi connectivity index (χ1) is 12.8. The predicted octanol–water partition coefficient (Wildman–Crippen LogP) is 3.79. The number of sulfonamides is 1. The number of anilines is 2. The van der Waals surface area contributed by atoms with Gasteiger partial charge >= 0.3 is 0 Å². The minimum atomic E-state index is -3.69. The van der Waals surface area contributed by atoms with Crippen molar-refractivity contribution < 1.29 is 13.2 Å². The van der Waals surface area contributed by atoms with Crippen molar-refractivity contribution in [2.45, 2.75) is 44.4 Å². The smallest absolute Gasteiger partial charge is 0.262 e. The summed E-state index contributed by atoms with van der Waals surface area (Å²) in [6.07, 6.45) is 3.78. The summed E-state index contributed by atoms with van der Waals surface area (Å²) in [4.78, 5) is 14.7. The Morgan fingerprint density at radius 3 is 2.63 bits per heavy atom. The molecule has 1 aliphatic carbocycles. The summed E-state index contributed by atoms with van der Waals surface area (Å²) in [5.74, 6) is 0.316. The zero-order chi connectivity index (χ0) is 19.2. The van der Waals surface area contributed by atoms with Gasteiger partial charge in [0.15, 0.2) is 0 Å². The van der Waals surface area contributed by atoms with Gasteiger partial charge in [-0.1, -0.05) is 18.2 Å². The quantitative estimate of drug-likeness (QED) is 0.872. The maximum Gasteiger partial charge on any atom is 0.262 e. The molecule has 1 heterocycles. The van der Waals surface area contributed by atoms with E-state index in [0.717, 1.165) is 42.5 Å². The molecule has 2 aromatic rings. The second kappa shape index (κ2) is 6.68. The van der Waals surface area contributed by atoms with E-state index >= 15 is 0 Å². The molecular weight excluding hydrogens is 360 g/mol. The number of nitrogens with one attached hydrogen (secondary N) is 1. The minimum absolute atomic E-state index is 0.145. The lowest BCUT2D eigenvalue weighted by Gasteiger charge is -2.30. The first kappa shape index (κ1) is 18.0. The van der Waals surface area contributed by atoms with E-state index in [-0.39, 0.29) is 16.7 Å². The summed E-state index contributed by atoms with van der Waals surface area (Å²) < 4.78 is 28.5. The van der Waals surface area contributed by atoms with E-state index in [2.05, 4.69) is 4.72 Å². The van der Waals surface area contributed by atoms with Crippen molar-refractivity contribution in [3.05, 3.63) is 53.1 Å². The van der Waals surface area contributed by atoms with Crippen LogP contribution in [0.15, 0.2) is 41.3 Å². The van der Waals surface area contributed by atoms with Gasteiger partial charge in [-0.2, -0.15) is 0 Å². The van der Waals surface area contributed by atoms with Crippen molar-refractivity contribution in [1.29, 1.82) is 0 Å². The number of carbonyl (C=O) groups is 1. The van der Waals surface area contributed by atoms with Gasteiger partial charge in [-0.25, -0.2) is 8.42 Å². The van der Waals surface area contributed by atoms with Gasteiger partial charge in [-0.3, -0.25) is 9.52 Å². The van der Waals surface area contributed by atoms with E-state index in [4.69, 9.17) is 0 Å². The molecule has 1 aliphatic heterocycles. The zero-order valence-electron chi connectivity index (χ0n) is 15.7. The van der Waals surface area contributed by atoms with Crippen LogP contribution in [-0.2, 0) is 21.2 Å². The number of nitrogens with zero attached hydrogens (tertiary/aromatic N) is 1. The van der Waals surface area contributed by atoms with Crippen molar-refractivity contribution in [2.75, 3.05) is 16.2 Å². The SMILES string of the molecule is Cc1ccc(C)c(S(=O)(=O)Nc2ccc3c(c2)N(C(=O)C2CC2)CCC3)c1. The van der Waals surface area contributed by atoms with Crippen LogP contribution in [0.5, 0.6) is 0 Å². The highest BCUT2D eigenvalue weighted by atomic mass is 32.2. The minimum Gasteiger partial charge on any atom is -0.312 e. The van der Waals surface area contributed by atoms with E-state index in [0.29, 0.717) is 17.8 Å². The third-order valence-corrected chi connectivity index (χ3v) is 6.81. The van der Waals surface area contributed by atoms with Crippen molar-refractivity contribution in [2.24, 2.45) is 5.92 Å². The van der Waals surface area contributed by atoms with Gasteiger partial charge in [0.2, 0.25) is 5.91 Å². The summed E-state index contributed by atoms with van der Waals surface area (Å²) in [5, 5.41) is 0. The van der Waals surface area contributed by atoms with Gasteiger partial charge in [-0.15, -0.1) is 0 Å². The fourth-order valence-corrected chi connectivity index (χ4v) is 5.00. The molecule has 5 nitrogen and oxygen atoms in total. The van der Waals surface area contributed by atoms with Crippen LogP contribution in [0.4, 0.5) is 11.4 Å². The second-order valence-electron chi connectivity index (χ2n) is 7.59. The molecule has 0 radical (unpaired) electrons. The summed E-state index contributed by atoms with van der Waals surface area (Å²) in [6, 6.07) is 10.9. The van der Waals surface area contributed by atoms with Crippen LogP contribution in [0.1, 0.15) is 36.0 Å². The Balaban J connectivity index is 1.66. The van der Waals surface area contributed by atoms with Crippen molar-refractivity contribution in [3.63, 3.8) is 0 Å². The number of aryl methyl sites for hydroxylation is 3. The van der Waals surface area contributed by atoms with Crippen LogP contribution in [0.2, 0.25) is 0 Å². The van der Waals surface area contributed by atoms with E-state index in [1.165, 1.54) is 0 Å². The number of hydrogen-bond acceptors (Lipinski definition) is 3. The van der Waals surface area contributed by atoms with Crippen LogP contribution in [0, 0.1) is 19.8 Å². The summed E-state index contributed by atoms with van der Waals surface area (Å²) in [6.45, 7) is 4.37. The average Bonchev–Trinajstić information content (AvgIpc) is 3.47. The third kappa shape index (κ3) is 3.58. The Morgan fingerprint density at radius 2 is 1.89 bits per heavy atom. The Morgan fingerprint density at radius 1 is 1.11 bits per heavy atom. The Labute approximate surface area is 160 Å². The van der Waals surface area contributed by atoms with Gasteiger partial charge in [0.1, 0.15) is 0 Å². The van der Waals surface area contributed by atoms with Crippen molar-refractivity contribution in [3.8, 4) is 0 Å². The Hall–Kier alpha value is -2.34. The molecule has 27 heavy (non-hydrogen) atoms. The highest BCUT2D eigenvalue weighted by molar-refractivity contribution is 7.92. The van der Waals surface area contributed by atoms with Gasteiger partial charge in [0, 0.05) is 18.2 Å². The van der Waals surface area contributed by atoms with E-state index in [1.807, 2.05) is 30.0 Å². The van der Waals surface area contributed by atoms with Gasteiger partial charge < -0.3 is 4.90 Å². The van der Waals surface area contributed by atoms with Crippen LogP contribution in [0.3, 0.4) is 0 Å². The average molecular weight is 385 g/mol. The molecule has 6 heteroatoms. The first-order valence-corrected chi connectivity index (χ1v) is 10.9. The molecule has 0 unspecified atom stereocenters. The number of amides is 1. The largest absolute Gasteiger partial charge is 0.312 e. The molecule has 1 fully saturated rings. The fraction of sp³-hybridized carbons (Fsp3) is 0.381. The molecule has 4 rings (SSSR count). The molecular formula is C21H24N2O3S. The lowest BCUT2D eigenvalue weighted by molar-refractivity contribution is -0.119. The lowest BCUT2D eigenvalue weighted by atomic mass is 10.0. The maximum atomic E-state index is 12.9. The van der Waals surface area contributed by atoms with Gasteiger partial charge in [-0.05, 0) is 74.4 Å².